The molecule has 8 heteroatoms. The van der Waals surface area contributed by atoms with Crippen molar-refractivity contribution in [2.24, 2.45) is 5.92 Å². The number of ether oxygens (including phenoxy) is 1. The molecule has 3 heterocycles. The minimum atomic E-state index is -0.716. The number of anilines is 1. The Morgan fingerprint density at radius 1 is 1.05 bits per heavy atom. The quantitative estimate of drug-likeness (QED) is 0.347. The highest BCUT2D eigenvalue weighted by Gasteiger charge is 2.53. The molecule has 1 aromatic heterocycles. The van der Waals surface area contributed by atoms with Gasteiger partial charge < -0.3 is 15.0 Å². The van der Waals surface area contributed by atoms with E-state index >= 15 is 0 Å². The highest BCUT2D eigenvalue weighted by atomic mass is 16.5. The van der Waals surface area contributed by atoms with Crippen molar-refractivity contribution in [3.05, 3.63) is 95.2 Å². The summed E-state index contributed by atoms with van der Waals surface area (Å²) in [6.07, 6.45) is 0.378. The number of fused-ring (bicyclic) bond motifs is 4. The summed E-state index contributed by atoms with van der Waals surface area (Å²) in [4.78, 5) is 47.7. The first-order chi connectivity index (χ1) is 18.9. The third-order valence-corrected chi connectivity index (χ3v) is 7.52. The first kappa shape index (κ1) is 24.7. The molecular formula is C31H30N4O4. The van der Waals surface area contributed by atoms with E-state index in [2.05, 4.69) is 10.3 Å². The number of carbonyl (C=O) groups is 3. The maximum atomic E-state index is 14.2. The van der Waals surface area contributed by atoms with Crippen LogP contribution in [-0.2, 0) is 11.2 Å². The molecule has 2 aliphatic heterocycles. The fourth-order valence-electron chi connectivity index (χ4n) is 5.71. The maximum absolute atomic E-state index is 14.2. The predicted molar refractivity (Wildman–Crippen MR) is 149 cm³/mol. The van der Waals surface area contributed by atoms with E-state index in [9.17, 15) is 14.4 Å². The summed E-state index contributed by atoms with van der Waals surface area (Å²) in [5.41, 5.74) is 4.28. The van der Waals surface area contributed by atoms with Crippen LogP contribution in [0, 0.1) is 5.92 Å². The van der Waals surface area contributed by atoms with Crippen LogP contribution in [-0.4, -0.2) is 47.4 Å². The Balaban J connectivity index is 1.47. The van der Waals surface area contributed by atoms with Crippen LogP contribution in [0.1, 0.15) is 47.1 Å². The molecular weight excluding hydrogens is 492 g/mol. The molecule has 4 amide bonds. The Morgan fingerprint density at radius 2 is 1.82 bits per heavy atom. The molecule has 2 N–H and O–H groups in total. The number of urea groups is 1. The molecule has 0 bridgehead atoms. The third kappa shape index (κ3) is 4.03. The summed E-state index contributed by atoms with van der Waals surface area (Å²) in [7, 11) is 1.60. The van der Waals surface area contributed by atoms with Gasteiger partial charge in [0.2, 0.25) is 0 Å². The average Bonchev–Trinajstić information content (AvgIpc) is 3.44. The number of hydrogen-bond donors (Lipinski definition) is 2. The van der Waals surface area contributed by atoms with Crippen molar-refractivity contribution < 1.29 is 19.1 Å². The molecule has 4 aromatic rings. The van der Waals surface area contributed by atoms with E-state index in [1.54, 1.807) is 36.3 Å². The van der Waals surface area contributed by atoms with Gasteiger partial charge in [-0.05, 0) is 47.4 Å². The van der Waals surface area contributed by atoms with Gasteiger partial charge >= 0.3 is 6.03 Å². The lowest BCUT2D eigenvalue weighted by Gasteiger charge is -2.36. The van der Waals surface area contributed by atoms with Crippen LogP contribution in [0.4, 0.5) is 10.5 Å². The van der Waals surface area contributed by atoms with Crippen molar-refractivity contribution in [3.8, 4) is 5.75 Å². The normalized spacial score (nSPS) is 18.5. The molecule has 1 fully saturated rings. The largest absolute Gasteiger partial charge is 0.497 e. The second-order valence-electron chi connectivity index (χ2n) is 10.4. The number of rotatable bonds is 6. The van der Waals surface area contributed by atoms with Crippen molar-refractivity contribution in [3.63, 3.8) is 0 Å². The van der Waals surface area contributed by atoms with Gasteiger partial charge in [0.05, 0.1) is 18.4 Å². The Kier molecular flexibility index (Phi) is 6.10. The molecule has 0 spiro atoms. The number of aromatic amines is 1. The van der Waals surface area contributed by atoms with Gasteiger partial charge in [-0.1, -0.05) is 56.3 Å². The van der Waals surface area contributed by atoms with Gasteiger partial charge in [-0.15, -0.1) is 0 Å². The standard InChI is InChI=1S/C31H30N4O4/c1-18(2)17-32-29(36)22-12-5-7-14-25(22)35-30(37)26-16-23-21-11-4-6-13-24(21)33-27(23)28(34(26)31(35)38)19-9-8-10-20(15-19)39-3/h4-15,18,26,28,33H,16-17H2,1-3H3,(H,32,36)/t26-,28?/m0/s1. The Bertz CT molecular complexity index is 1610. The van der Waals surface area contributed by atoms with Gasteiger partial charge in [0.1, 0.15) is 17.8 Å². The molecule has 0 radical (unpaired) electrons. The van der Waals surface area contributed by atoms with E-state index in [0.29, 0.717) is 30.0 Å². The molecule has 1 unspecified atom stereocenters. The van der Waals surface area contributed by atoms with Crippen molar-refractivity contribution in [2.75, 3.05) is 18.6 Å². The predicted octanol–water partition coefficient (Wildman–Crippen LogP) is 5.05. The molecule has 1 saturated heterocycles. The number of imide groups is 1. The number of methoxy groups -OCH3 is 1. The van der Waals surface area contributed by atoms with E-state index in [1.165, 1.54) is 4.90 Å². The Labute approximate surface area is 226 Å². The number of nitrogens with zero attached hydrogens (tertiary/aromatic N) is 2. The van der Waals surface area contributed by atoms with E-state index in [1.807, 2.05) is 62.4 Å². The summed E-state index contributed by atoms with van der Waals surface area (Å²) >= 11 is 0. The molecule has 2 aliphatic rings. The van der Waals surface area contributed by atoms with Gasteiger partial charge in [-0.3, -0.25) is 14.5 Å². The molecule has 0 saturated carbocycles. The number of nitrogens with one attached hydrogen (secondary N) is 2. The van der Waals surface area contributed by atoms with Gasteiger partial charge in [0.25, 0.3) is 11.8 Å². The topological polar surface area (TPSA) is 94.7 Å². The number of amides is 4. The summed E-state index contributed by atoms with van der Waals surface area (Å²) in [6.45, 7) is 4.51. The van der Waals surface area contributed by atoms with Crippen LogP contribution in [0.25, 0.3) is 10.9 Å². The zero-order chi connectivity index (χ0) is 27.3. The number of aromatic nitrogens is 1. The monoisotopic (exact) mass is 522 g/mol. The van der Waals surface area contributed by atoms with Crippen molar-refractivity contribution in [1.29, 1.82) is 0 Å². The van der Waals surface area contributed by atoms with Crippen molar-refractivity contribution >= 4 is 34.4 Å². The summed E-state index contributed by atoms with van der Waals surface area (Å²) < 4.78 is 5.49. The number of carbonyl (C=O) groups excluding carboxylic acids is 3. The van der Waals surface area contributed by atoms with E-state index in [0.717, 1.165) is 27.7 Å². The van der Waals surface area contributed by atoms with Crippen LogP contribution in [0.5, 0.6) is 5.75 Å². The number of hydrogen-bond acceptors (Lipinski definition) is 4. The fourth-order valence-corrected chi connectivity index (χ4v) is 5.71. The van der Waals surface area contributed by atoms with Crippen LogP contribution in [0.15, 0.2) is 72.8 Å². The molecule has 39 heavy (non-hydrogen) atoms. The Hall–Kier alpha value is -4.59. The second-order valence-corrected chi connectivity index (χ2v) is 10.4. The summed E-state index contributed by atoms with van der Waals surface area (Å²) in [6, 6.07) is 20.6. The van der Waals surface area contributed by atoms with Crippen molar-refractivity contribution in [2.45, 2.75) is 32.4 Å². The fraction of sp³-hybridized carbons (Fsp3) is 0.258. The highest BCUT2D eigenvalue weighted by molar-refractivity contribution is 6.24. The van der Waals surface area contributed by atoms with E-state index in [-0.39, 0.29) is 17.7 Å². The lowest BCUT2D eigenvalue weighted by atomic mass is 9.89. The molecule has 6 rings (SSSR count). The Morgan fingerprint density at radius 3 is 2.62 bits per heavy atom. The second kappa shape index (κ2) is 9.62. The van der Waals surface area contributed by atoms with Crippen LogP contribution in [0.2, 0.25) is 0 Å². The number of para-hydroxylation sites is 2. The maximum Gasteiger partial charge on any atom is 0.332 e. The van der Waals surface area contributed by atoms with E-state index < -0.39 is 18.1 Å². The average molecular weight is 523 g/mol. The van der Waals surface area contributed by atoms with Gasteiger partial charge in [-0.25, -0.2) is 9.69 Å². The minimum Gasteiger partial charge on any atom is -0.497 e. The zero-order valence-corrected chi connectivity index (χ0v) is 22.1. The summed E-state index contributed by atoms with van der Waals surface area (Å²) in [5.74, 6) is 0.269. The van der Waals surface area contributed by atoms with Gasteiger partial charge in [0.15, 0.2) is 0 Å². The van der Waals surface area contributed by atoms with Crippen LogP contribution in [0.3, 0.4) is 0 Å². The first-order valence-corrected chi connectivity index (χ1v) is 13.2. The molecule has 3 aromatic carbocycles. The lowest BCUT2D eigenvalue weighted by molar-refractivity contribution is -0.120. The van der Waals surface area contributed by atoms with Crippen LogP contribution >= 0.6 is 0 Å². The van der Waals surface area contributed by atoms with Crippen molar-refractivity contribution in [1.82, 2.24) is 15.2 Å². The third-order valence-electron chi connectivity index (χ3n) is 7.52. The van der Waals surface area contributed by atoms with Crippen LogP contribution < -0.4 is 15.0 Å². The van der Waals surface area contributed by atoms with E-state index in [4.69, 9.17) is 4.74 Å². The molecule has 8 nitrogen and oxygen atoms in total. The number of H-pyrrole nitrogens is 1. The SMILES string of the molecule is COc1cccc(C2c3[nH]c4ccccc4c3C[C@H]3C(=O)N(c4ccccc4C(=O)NCC(C)C)C(=O)N23)c1. The lowest BCUT2D eigenvalue weighted by Crippen LogP contribution is -2.44. The molecule has 2 atom stereocenters. The summed E-state index contributed by atoms with van der Waals surface area (Å²) in [5, 5.41) is 3.95. The number of benzene rings is 3. The smallest absolute Gasteiger partial charge is 0.332 e. The highest BCUT2D eigenvalue weighted by Crippen LogP contribution is 2.45. The molecule has 198 valence electrons. The first-order valence-electron chi connectivity index (χ1n) is 13.2. The molecule has 0 aliphatic carbocycles. The zero-order valence-electron chi connectivity index (χ0n) is 22.1. The van der Waals surface area contributed by atoms with Gasteiger partial charge in [0, 0.05) is 29.6 Å². The minimum absolute atomic E-state index is 0.262. The van der Waals surface area contributed by atoms with Gasteiger partial charge in [-0.2, -0.15) is 0 Å².